The van der Waals surface area contributed by atoms with Crippen molar-refractivity contribution >= 4 is 59.7 Å². The Balaban J connectivity index is 1.45. The second kappa shape index (κ2) is 8.26. The van der Waals surface area contributed by atoms with Gasteiger partial charge in [0.2, 0.25) is 21.1 Å². The zero-order valence-corrected chi connectivity index (χ0v) is 19.1. The van der Waals surface area contributed by atoms with Crippen molar-refractivity contribution in [2.75, 3.05) is 16.3 Å². The van der Waals surface area contributed by atoms with Crippen LogP contribution < -0.4 is 10.0 Å². The van der Waals surface area contributed by atoms with E-state index in [9.17, 15) is 8.42 Å². The van der Waals surface area contributed by atoms with Crippen LogP contribution >= 0.6 is 22.7 Å². The molecular formula is C21H16N6O2S3. The molecule has 0 atom stereocenters. The molecule has 2 N–H and O–H groups in total. The standard InChI is InChI=1S/C21H16N6O2S3/c1-32(28,29)27-15-9-5-8-14(10-15)16-12-30-17-11-22-20(23-18(16)17)24-21-26-25-19(31-21)13-6-3-2-4-7-13/h2-12,27H,1H3,(H,22,23,24,26). The number of fused-ring (bicyclic) bond motifs is 1. The fourth-order valence-electron chi connectivity index (χ4n) is 3.12. The molecule has 0 spiro atoms. The third-order valence-electron chi connectivity index (χ3n) is 4.46. The second-order valence-corrected chi connectivity index (χ2v) is 10.6. The second-order valence-electron chi connectivity index (χ2n) is 6.91. The van der Waals surface area contributed by atoms with Crippen molar-refractivity contribution in [1.82, 2.24) is 20.2 Å². The first-order chi connectivity index (χ1) is 15.4. The van der Waals surface area contributed by atoms with Crippen LogP contribution in [0.4, 0.5) is 16.8 Å². The Bertz CT molecular complexity index is 1510. The highest BCUT2D eigenvalue weighted by atomic mass is 32.2. The first-order valence-electron chi connectivity index (χ1n) is 9.43. The summed E-state index contributed by atoms with van der Waals surface area (Å²) in [5.74, 6) is 0.415. The molecule has 32 heavy (non-hydrogen) atoms. The van der Waals surface area contributed by atoms with Gasteiger partial charge in [0.1, 0.15) is 5.01 Å². The molecule has 0 aliphatic heterocycles. The number of anilines is 3. The van der Waals surface area contributed by atoms with E-state index in [-0.39, 0.29) is 0 Å². The first-order valence-corrected chi connectivity index (χ1v) is 13.0. The highest BCUT2D eigenvalue weighted by Crippen LogP contribution is 2.35. The third-order valence-corrected chi connectivity index (χ3v) is 6.86. The van der Waals surface area contributed by atoms with Gasteiger partial charge in [-0.2, -0.15) is 0 Å². The molecule has 0 aliphatic carbocycles. The van der Waals surface area contributed by atoms with Crippen molar-refractivity contribution in [2.45, 2.75) is 0 Å². The molecule has 0 radical (unpaired) electrons. The molecular weight excluding hydrogens is 464 g/mol. The van der Waals surface area contributed by atoms with Crippen molar-refractivity contribution in [2.24, 2.45) is 0 Å². The fraction of sp³-hybridized carbons (Fsp3) is 0.0476. The Morgan fingerprint density at radius 3 is 2.59 bits per heavy atom. The van der Waals surface area contributed by atoms with E-state index >= 15 is 0 Å². The summed E-state index contributed by atoms with van der Waals surface area (Å²) >= 11 is 2.95. The van der Waals surface area contributed by atoms with Crippen LogP contribution in [-0.2, 0) is 10.0 Å². The van der Waals surface area contributed by atoms with E-state index in [1.807, 2.05) is 41.8 Å². The zero-order chi connectivity index (χ0) is 22.1. The van der Waals surface area contributed by atoms with Crippen LogP contribution in [0.15, 0.2) is 66.2 Å². The molecule has 0 saturated carbocycles. The lowest BCUT2D eigenvalue weighted by Gasteiger charge is -2.06. The Morgan fingerprint density at radius 2 is 1.78 bits per heavy atom. The minimum absolute atomic E-state index is 0.415. The van der Waals surface area contributed by atoms with Crippen LogP contribution in [0.5, 0.6) is 0 Å². The summed E-state index contributed by atoms with van der Waals surface area (Å²) in [4.78, 5) is 9.07. The topological polar surface area (TPSA) is 110 Å². The van der Waals surface area contributed by atoms with E-state index in [2.05, 4.69) is 30.2 Å². The molecule has 0 amide bonds. The first kappa shape index (κ1) is 20.5. The summed E-state index contributed by atoms with van der Waals surface area (Å²) in [7, 11) is -3.36. The van der Waals surface area contributed by atoms with E-state index < -0.39 is 10.0 Å². The molecule has 160 valence electrons. The van der Waals surface area contributed by atoms with E-state index in [0.717, 1.165) is 38.2 Å². The molecule has 8 nitrogen and oxygen atoms in total. The molecule has 5 rings (SSSR count). The summed E-state index contributed by atoms with van der Waals surface area (Å²) < 4.78 is 26.6. The average Bonchev–Trinajstić information content (AvgIpc) is 3.40. The highest BCUT2D eigenvalue weighted by Gasteiger charge is 2.13. The fourth-order valence-corrected chi connectivity index (χ4v) is 5.30. The lowest BCUT2D eigenvalue weighted by atomic mass is 10.1. The van der Waals surface area contributed by atoms with Crippen LogP contribution in [0.1, 0.15) is 0 Å². The van der Waals surface area contributed by atoms with Crippen molar-refractivity contribution in [3.63, 3.8) is 0 Å². The van der Waals surface area contributed by atoms with Gasteiger partial charge in [0.25, 0.3) is 0 Å². The lowest BCUT2D eigenvalue weighted by Crippen LogP contribution is -2.09. The number of hydrogen-bond acceptors (Lipinski definition) is 9. The van der Waals surface area contributed by atoms with Gasteiger partial charge in [-0.15, -0.1) is 21.5 Å². The molecule has 3 aromatic heterocycles. The summed E-state index contributed by atoms with van der Waals surface area (Å²) in [6, 6.07) is 17.1. The molecule has 0 saturated heterocycles. The van der Waals surface area contributed by atoms with Crippen LogP contribution in [0.25, 0.3) is 31.9 Å². The predicted octanol–water partition coefficient (Wildman–Crippen LogP) is 4.99. The van der Waals surface area contributed by atoms with Gasteiger partial charge >= 0.3 is 0 Å². The lowest BCUT2D eigenvalue weighted by molar-refractivity contribution is 0.607. The number of thiophene rings is 1. The molecule has 5 aromatic rings. The average molecular weight is 481 g/mol. The number of benzene rings is 2. The van der Waals surface area contributed by atoms with Gasteiger partial charge < -0.3 is 0 Å². The van der Waals surface area contributed by atoms with Gasteiger partial charge in [-0.25, -0.2) is 18.4 Å². The van der Waals surface area contributed by atoms with Crippen molar-refractivity contribution in [3.05, 3.63) is 66.2 Å². The SMILES string of the molecule is CS(=O)(=O)Nc1cccc(-c2csc3cnc(Nc4nnc(-c5ccccc5)s4)nc23)c1. The van der Waals surface area contributed by atoms with Crippen LogP contribution in [0, 0.1) is 0 Å². The minimum Gasteiger partial charge on any atom is -0.299 e. The molecule has 0 aliphatic rings. The Morgan fingerprint density at radius 1 is 0.969 bits per heavy atom. The zero-order valence-electron chi connectivity index (χ0n) is 16.7. The smallest absolute Gasteiger partial charge is 0.229 e. The summed E-state index contributed by atoms with van der Waals surface area (Å²) in [5, 5.41) is 15.0. The predicted molar refractivity (Wildman–Crippen MR) is 130 cm³/mol. The molecule has 0 unspecified atom stereocenters. The Labute approximate surface area is 192 Å². The van der Waals surface area contributed by atoms with Gasteiger partial charge in [-0.05, 0) is 17.7 Å². The Hall–Kier alpha value is -3.41. The van der Waals surface area contributed by atoms with Crippen molar-refractivity contribution < 1.29 is 8.42 Å². The van der Waals surface area contributed by atoms with Gasteiger partial charge in [0.05, 0.1) is 22.7 Å². The summed E-state index contributed by atoms with van der Waals surface area (Å²) in [5.41, 5.74) is 4.03. The molecule has 0 bridgehead atoms. The Kier molecular flexibility index (Phi) is 5.29. The van der Waals surface area contributed by atoms with E-state index in [0.29, 0.717) is 16.8 Å². The van der Waals surface area contributed by atoms with E-state index in [1.54, 1.807) is 24.4 Å². The van der Waals surface area contributed by atoms with Crippen LogP contribution in [0.3, 0.4) is 0 Å². The van der Waals surface area contributed by atoms with Crippen LogP contribution in [-0.4, -0.2) is 34.8 Å². The molecule has 3 heterocycles. The number of rotatable bonds is 6. The number of nitrogens with zero attached hydrogens (tertiary/aromatic N) is 4. The maximum absolute atomic E-state index is 11.6. The summed E-state index contributed by atoms with van der Waals surface area (Å²) in [6.45, 7) is 0. The molecule has 2 aromatic carbocycles. The maximum Gasteiger partial charge on any atom is 0.229 e. The largest absolute Gasteiger partial charge is 0.299 e. The number of aromatic nitrogens is 4. The minimum atomic E-state index is -3.36. The van der Waals surface area contributed by atoms with E-state index in [1.165, 1.54) is 22.7 Å². The van der Waals surface area contributed by atoms with Gasteiger partial charge in [-0.1, -0.05) is 53.8 Å². The number of nitrogens with one attached hydrogen (secondary N) is 2. The number of hydrogen-bond donors (Lipinski definition) is 2. The molecule has 11 heteroatoms. The molecule has 0 fully saturated rings. The highest BCUT2D eigenvalue weighted by molar-refractivity contribution is 7.92. The monoisotopic (exact) mass is 480 g/mol. The van der Waals surface area contributed by atoms with Crippen molar-refractivity contribution in [1.29, 1.82) is 0 Å². The third kappa shape index (κ3) is 4.44. The van der Waals surface area contributed by atoms with Gasteiger partial charge in [0, 0.05) is 22.2 Å². The van der Waals surface area contributed by atoms with Gasteiger partial charge in [-0.3, -0.25) is 10.0 Å². The van der Waals surface area contributed by atoms with Crippen molar-refractivity contribution in [3.8, 4) is 21.7 Å². The maximum atomic E-state index is 11.6. The van der Waals surface area contributed by atoms with Crippen LogP contribution in [0.2, 0.25) is 0 Å². The van der Waals surface area contributed by atoms with E-state index in [4.69, 9.17) is 0 Å². The summed E-state index contributed by atoms with van der Waals surface area (Å²) in [6.07, 6.45) is 2.89. The number of sulfonamides is 1. The quantitative estimate of drug-likeness (QED) is 0.352. The van der Waals surface area contributed by atoms with Gasteiger partial charge in [0.15, 0.2) is 0 Å². The normalized spacial score (nSPS) is 11.5.